The highest BCUT2D eigenvalue weighted by Crippen LogP contribution is 2.26. The van der Waals surface area contributed by atoms with Gasteiger partial charge in [-0.3, -0.25) is 14.4 Å². The normalized spacial score (nSPS) is 16.6. The van der Waals surface area contributed by atoms with Crippen LogP contribution in [0.5, 0.6) is 5.75 Å². The molecular formula is C26H31N5O2. The molecule has 0 spiro atoms. The minimum absolute atomic E-state index is 0.0534. The van der Waals surface area contributed by atoms with Gasteiger partial charge in [0.25, 0.3) is 5.91 Å². The summed E-state index contributed by atoms with van der Waals surface area (Å²) in [4.78, 5) is 20.2. The number of carbonyl (C=O) groups excluding carboxylic acids is 1. The molecule has 33 heavy (non-hydrogen) atoms. The number of benzene rings is 2. The van der Waals surface area contributed by atoms with E-state index >= 15 is 0 Å². The van der Waals surface area contributed by atoms with Gasteiger partial charge >= 0.3 is 0 Å². The monoisotopic (exact) mass is 445 g/mol. The first-order valence-electron chi connectivity index (χ1n) is 11.8. The van der Waals surface area contributed by atoms with Crippen LogP contribution in [0.3, 0.4) is 0 Å². The van der Waals surface area contributed by atoms with E-state index in [2.05, 4.69) is 41.0 Å². The van der Waals surface area contributed by atoms with Crippen molar-refractivity contribution in [2.24, 2.45) is 0 Å². The predicted molar refractivity (Wildman–Crippen MR) is 128 cm³/mol. The van der Waals surface area contributed by atoms with Crippen molar-refractivity contribution in [1.29, 1.82) is 0 Å². The van der Waals surface area contributed by atoms with E-state index in [1.807, 2.05) is 27.8 Å². The fourth-order valence-electron chi connectivity index (χ4n) is 4.93. The van der Waals surface area contributed by atoms with Gasteiger partial charge < -0.3 is 14.9 Å². The maximum atomic E-state index is 13.5. The number of hydrogen-bond donors (Lipinski definition) is 1. The summed E-state index contributed by atoms with van der Waals surface area (Å²) in [6.07, 6.45) is 0.892. The van der Waals surface area contributed by atoms with E-state index in [4.69, 9.17) is 5.10 Å². The molecule has 5 rings (SSSR count). The summed E-state index contributed by atoms with van der Waals surface area (Å²) in [6, 6.07) is 17.8. The summed E-state index contributed by atoms with van der Waals surface area (Å²) in [5.41, 5.74) is 5.27. The maximum absolute atomic E-state index is 13.5. The van der Waals surface area contributed by atoms with Gasteiger partial charge in [-0.15, -0.1) is 0 Å². The third-order valence-electron chi connectivity index (χ3n) is 6.75. The first kappa shape index (κ1) is 21.5. The Labute approximate surface area is 194 Å². The molecule has 0 aliphatic carbocycles. The van der Waals surface area contributed by atoms with E-state index in [1.165, 1.54) is 11.4 Å². The second-order valence-electron chi connectivity index (χ2n) is 8.83. The Morgan fingerprint density at radius 3 is 2.39 bits per heavy atom. The molecule has 1 saturated heterocycles. The number of anilines is 1. The van der Waals surface area contributed by atoms with Crippen LogP contribution in [-0.4, -0.2) is 63.3 Å². The minimum Gasteiger partial charge on any atom is -0.508 e. The quantitative estimate of drug-likeness (QED) is 0.654. The number of carbonyl (C=O) groups is 1. The van der Waals surface area contributed by atoms with Gasteiger partial charge in [0.2, 0.25) is 0 Å². The summed E-state index contributed by atoms with van der Waals surface area (Å²) in [5, 5.41) is 14.3. The number of phenols is 1. The second-order valence-corrected chi connectivity index (χ2v) is 8.83. The van der Waals surface area contributed by atoms with Gasteiger partial charge in [-0.05, 0) is 36.8 Å². The number of hydrogen-bond acceptors (Lipinski definition) is 5. The molecule has 3 aromatic rings. The molecular weight excluding hydrogens is 414 g/mol. The van der Waals surface area contributed by atoms with Gasteiger partial charge in [0, 0.05) is 75.7 Å². The van der Waals surface area contributed by atoms with Gasteiger partial charge in [0.15, 0.2) is 5.69 Å². The number of aryl methyl sites for hydroxylation is 1. The Balaban J connectivity index is 1.30. The lowest BCUT2D eigenvalue weighted by molar-refractivity contribution is 0.0737. The van der Waals surface area contributed by atoms with E-state index in [0.29, 0.717) is 18.8 Å². The average molecular weight is 446 g/mol. The zero-order valence-corrected chi connectivity index (χ0v) is 19.2. The number of amides is 1. The zero-order valence-electron chi connectivity index (χ0n) is 19.2. The number of rotatable bonds is 5. The summed E-state index contributed by atoms with van der Waals surface area (Å²) in [6.45, 7) is 8.39. The van der Waals surface area contributed by atoms with E-state index in [1.54, 1.807) is 12.1 Å². The highest BCUT2D eigenvalue weighted by molar-refractivity contribution is 5.94. The second kappa shape index (κ2) is 9.27. The Hall–Kier alpha value is -3.32. The molecule has 0 radical (unpaired) electrons. The molecule has 2 aliphatic rings. The number of fused-ring (bicyclic) bond motifs is 1. The van der Waals surface area contributed by atoms with Gasteiger partial charge in [-0.2, -0.15) is 5.10 Å². The molecule has 2 aliphatic heterocycles. The molecule has 0 bridgehead atoms. The number of piperazine rings is 1. The first-order chi connectivity index (χ1) is 16.1. The molecule has 0 atom stereocenters. The molecule has 1 amide bonds. The SMILES string of the molecule is CCn1nc(C(=O)N2CCN(c3ccccc3)CC2)c2c1CCN(Cc1ccc(O)cc1)C2. The van der Waals surface area contributed by atoms with E-state index < -0.39 is 0 Å². The fraction of sp³-hybridized carbons (Fsp3) is 0.385. The zero-order chi connectivity index (χ0) is 22.8. The third-order valence-corrected chi connectivity index (χ3v) is 6.75. The molecule has 7 nitrogen and oxygen atoms in total. The van der Waals surface area contributed by atoms with Crippen LogP contribution in [-0.2, 0) is 26.1 Å². The van der Waals surface area contributed by atoms with Crippen LogP contribution in [0.2, 0.25) is 0 Å². The van der Waals surface area contributed by atoms with Crippen molar-refractivity contribution in [3.63, 3.8) is 0 Å². The summed E-state index contributed by atoms with van der Waals surface area (Å²) in [5.74, 6) is 0.335. The van der Waals surface area contributed by atoms with Crippen LogP contribution in [0, 0.1) is 0 Å². The largest absolute Gasteiger partial charge is 0.508 e. The minimum atomic E-state index is 0.0534. The van der Waals surface area contributed by atoms with Crippen molar-refractivity contribution in [2.45, 2.75) is 33.0 Å². The summed E-state index contributed by atoms with van der Waals surface area (Å²) >= 11 is 0. The first-order valence-corrected chi connectivity index (χ1v) is 11.8. The van der Waals surface area contributed by atoms with Crippen LogP contribution in [0.15, 0.2) is 54.6 Å². The molecule has 2 aromatic carbocycles. The smallest absolute Gasteiger partial charge is 0.274 e. The van der Waals surface area contributed by atoms with Gasteiger partial charge in [0.05, 0.1) is 0 Å². The lowest BCUT2D eigenvalue weighted by Gasteiger charge is -2.36. The molecule has 1 N–H and O–H groups in total. The Kier molecular flexibility index (Phi) is 6.05. The predicted octanol–water partition coefficient (Wildman–Crippen LogP) is 3.13. The van der Waals surface area contributed by atoms with Gasteiger partial charge in [-0.25, -0.2) is 0 Å². The van der Waals surface area contributed by atoms with Crippen LogP contribution < -0.4 is 4.90 Å². The summed E-state index contributed by atoms with van der Waals surface area (Å²) < 4.78 is 2.01. The highest BCUT2D eigenvalue weighted by atomic mass is 16.3. The Bertz CT molecular complexity index is 1100. The van der Waals surface area contributed by atoms with Crippen molar-refractivity contribution in [2.75, 3.05) is 37.6 Å². The summed E-state index contributed by atoms with van der Waals surface area (Å²) in [7, 11) is 0. The van der Waals surface area contributed by atoms with Crippen molar-refractivity contribution in [3.05, 3.63) is 77.1 Å². The van der Waals surface area contributed by atoms with E-state index in [9.17, 15) is 9.90 Å². The van der Waals surface area contributed by atoms with Crippen molar-refractivity contribution in [3.8, 4) is 5.75 Å². The van der Waals surface area contributed by atoms with Crippen LogP contribution >= 0.6 is 0 Å². The van der Waals surface area contributed by atoms with Gasteiger partial charge in [-0.1, -0.05) is 30.3 Å². The van der Waals surface area contributed by atoms with Crippen LogP contribution in [0.4, 0.5) is 5.69 Å². The highest BCUT2D eigenvalue weighted by Gasteiger charge is 2.31. The lowest BCUT2D eigenvalue weighted by Crippen LogP contribution is -2.49. The van der Waals surface area contributed by atoms with Crippen LogP contribution in [0.25, 0.3) is 0 Å². The fourth-order valence-corrected chi connectivity index (χ4v) is 4.93. The van der Waals surface area contributed by atoms with Crippen molar-refractivity contribution >= 4 is 11.6 Å². The lowest BCUT2D eigenvalue weighted by atomic mass is 10.0. The number of para-hydroxylation sites is 1. The molecule has 7 heteroatoms. The third kappa shape index (κ3) is 4.46. The van der Waals surface area contributed by atoms with E-state index in [-0.39, 0.29) is 11.7 Å². The number of phenolic OH excluding ortho intramolecular Hbond substituents is 1. The number of nitrogens with zero attached hydrogens (tertiary/aromatic N) is 5. The van der Waals surface area contributed by atoms with Gasteiger partial charge in [0.1, 0.15) is 5.75 Å². The number of aromatic hydroxyl groups is 1. The van der Waals surface area contributed by atoms with Crippen molar-refractivity contribution < 1.29 is 9.90 Å². The topological polar surface area (TPSA) is 64.8 Å². The van der Waals surface area contributed by atoms with Crippen LogP contribution in [0.1, 0.15) is 34.2 Å². The van der Waals surface area contributed by atoms with E-state index in [0.717, 1.165) is 56.8 Å². The van der Waals surface area contributed by atoms with Crippen molar-refractivity contribution in [1.82, 2.24) is 19.6 Å². The molecule has 0 unspecified atom stereocenters. The Morgan fingerprint density at radius 2 is 1.70 bits per heavy atom. The molecule has 172 valence electrons. The number of aromatic nitrogens is 2. The molecule has 3 heterocycles. The standard InChI is InChI=1S/C26H31N5O2/c1-2-31-24-12-13-28(18-20-8-10-22(32)11-9-20)19-23(24)25(27-31)26(33)30-16-14-29(15-17-30)21-6-4-3-5-7-21/h3-11,32H,2,12-19H2,1H3. The molecule has 1 fully saturated rings. The average Bonchev–Trinajstić information content (AvgIpc) is 3.23. The molecule has 0 saturated carbocycles. The Morgan fingerprint density at radius 1 is 0.970 bits per heavy atom. The molecule has 1 aromatic heterocycles. The maximum Gasteiger partial charge on any atom is 0.274 e.